The zero-order valence-corrected chi connectivity index (χ0v) is 16.0. The first-order valence-corrected chi connectivity index (χ1v) is 9.43. The van der Waals surface area contributed by atoms with E-state index >= 15 is 0 Å². The fourth-order valence-corrected chi connectivity index (χ4v) is 4.27. The maximum Gasteiger partial charge on any atom is 0.267 e. The molecule has 0 radical (unpaired) electrons. The second-order valence-corrected chi connectivity index (χ2v) is 7.95. The molecular weight excluding hydrogens is 388 g/mol. The van der Waals surface area contributed by atoms with Crippen LogP contribution in [0.3, 0.4) is 0 Å². The Morgan fingerprint density at radius 2 is 2.12 bits per heavy atom. The van der Waals surface area contributed by atoms with Crippen molar-refractivity contribution in [2.75, 3.05) is 13.7 Å². The van der Waals surface area contributed by atoms with Crippen molar-refractivity contribution in [3.8, 4) is 5.75 Å². The van der Waals surface area contributed by atoms with E-state index in [2.05, 4.69) is 31.9 Å². The van der Waals surface area contributed by atoms with Crippen molar-refractivity contribution < 1.29 is 9.53 Å². The third kappa shape index (κ3) is 3.35. The van der Waals surface area contributed by atoms with Gasteiger partial charge in [0.25, 0.3) is 5.91 Å². The van der Waals surface area contributed by atoms with Crippen LogP contribution in [0.1, 0.15) is 29.4 Å². The van der Waals surface area contributed by atoms with Crippen LogP contribution >= 0.6 is 27.3 Å². The highest BCUT2D eigenvalue weighted by Crippen LogP contribution is 2.33. The molecule has 0 atom stereocenters. The van der Waals surface area contributed by atoms with E-state index in [0.717, 1.165) is 31.7 Å². The number of amides is 1. The molecule has 0 aliphatic heterocycles. The predicted molar refractivity (Wildman–Crippen MR) is 102 cm³/mol. The van der Waals surface area contributed by atoms with Crippen molar-refractivity contribution in [3.63, 3.8) is 0 Å². The van der Waals surface area contributed by atoms with E-state index in [1.165, 1.54) is 0 Å². The van der Waals surface area contributed by atoms with Gasteiger partial charge in [-0.05, 0) is 40.5 Å². The van der Waals surface area contributed by atoms with Crippen molar-refractivity contribution in [1.82, 2.24) is 9.88 Å². The number of nitrogens with one attached hydrogen (secondary N) is 1. The highest BCUT2D eigenvalue weighted by Gasteiger charge is 2.18. The number of methoxy groups -OCH3 is 1. The Balaban J connectivity index is 2.04. The molecule has 0 fully saturated rings. The van der Waals surface area contributed by atoms with Crippen LogP contribution in [0.4, 0.5) is 0 Å². The number of carbonyl (C=O) groups excluding carboxylic acids is 1. The zero-order chi connectivity index (χ0) is 17.1. The van der Waals surface area contributed by atoms with E-state index in [1.807, 2.05) is 37.3 Å². The molecule has 0 aliphatic carbocycles. The van der Waals surface area contributed by atoms with Gasteiger partial charge in [0, 0.05) is 12.1 Å². The van der Waals surface area contributed by atoms with Gasteiger partial charge < -0.3 is 14.6 Å². The molecule has 2 heterocycles. The molecule has 0 unspecified atom stereocenters. The van der Waals surface area contributed by atoms with E-state index < -0.39 is 0 Å². The normalized spacial score (nSPS) is 11.0. The van der Waals surface area contributed by atoms with Crippen LogP contribution in [-0.2, 0) is 6.54 Å². The minimum Gasteiger partial charge on any atom is -0.496 e. The minimum absolute atomic E-state index is 0.0359. The Bertz CT molecular complexity index is 869. The molecule has 1 N–H and O–H groups in total. The van der Waals surface area contributed by atoms with E-state index in [-0.39, 0.29) is 5.91 Å². The van der Waals surface area contributed by atoms with E-state index in [4.69, 9.17) is 4.74 Å². The summed E-state index contributed by atoms with van der Waals surface area (Å²) in [5, 5.41) is 2.97. The molecule has 3 rings (SSSR count). The van der Waals surface area contributed by atoms with Crippen LogP contribution in [0.2, 0.25) is 0 Å². The average molecular weight is 407 g/mol. The van der Waals surface area contributed by atoms with Crippen LogP contribution in [0.5, 0.6) is 5.75 Å². The molecule has 1 aromatic carbocycles. The molecule has 2 aromatic heterocycles. The van der Waals surface area contributed by atoms with Gasteiger partial charge >= 0.3 is 0 Å². The first-order chi connectivity index (χ1) is 11.6. The highest BCUT2D eigenvalue weighted by atomic mass is 79.9. The quantitative estimate of drug-likeness (QED) is 0.646. The second-order valence-electron chi connectivity index (χ2n) is 5.48. The summed E-state index contributed by atoms with van der Waals surface area (Å²) in [4.78, 5) is 12.6. The largest absolute Gasteiger partial charge is 0.496 e. The summed E-state index contributed by atoms with van der Waals surface area (Å²) < 4.78 is 9.66. The number of hydrogen-bond donors (Lipinski definition) is 1. The lowest BCUT2D eigenvalue weighted by atomic mass is 10.2. The fourth-order valence-electron chi connectivity index (χ4n) is 2.70. The first-order valence-electron chi connectivity index (χ1n) is 7.82. The van der Waals surface area contributed by atoms with E-state index in [1.54, 1.807) is 18.4 Å². The number of ether oxygens (including phenoxy) is 1. The Hall–Kier alpha value is -1.79. The molecule has 0 saturated carbocycles. The minimum atomic E-state index is -0.0359. The number of thiophene rings is 1. The number of carbonyl (C=O) groups is 1. The first kappa shape index (κ1) is 17.0. The van der Waals surface area contributed by atoms with Gasteiger partial charge in [0.2, 0.25) is 0 Å². The van der Waals surface area contributed by atoms with Gasteiger partial charge in [-0.15, -0.1) is 11.3 Å². The summed E-state index contributed by atoms with van der Waals surface area (Å²) >= 11 is 5.17. The lowest BCUT2D eigenvalue weighted by Crippen LogP contribution is -2.26. The lowest BCUT2D eigenvalue weighted by Gasteiger charge is -2.13. The molecule has 126 valence electrons. The van der Waals surface area contributed by atoms with Crippen LogP contribution in [0, 0.1) is 0 Å². The molecule has 0 bridgehead atoms. The van der Waals surface area contributed by atoms with Gasteiger partial charge in [-0.3, -0.25) is 4.79 Å². The topological polar surface area (TPSA) is 43.3 Å². The number of aromatic nitrogens is 1. The second kappa shape index (κ2) is 7.40. The zero-order valence-electron chi connectivity index (χ0n) is 13.6. The molecule has 6 heteroatoms. The number of para-hydroxylation sites is 1. The molecule has 4 nitrogen and oxygen atoms in total. The van der Waals surface area contributed by atoms with Crippen LogP contribution in [0.25, 0.3) is 10.2 Å². The Morgan fingerprint density at radius 1 is 1.33 bits per heavy atom. The number of halogens is 1. The average Bonchev–Trinajstić information content (AvgIpc) is 3.10. The molecule has 0 aliphatic rings. The fraction of sp³-hybridized carbons (Fsp3) is 0.278. The number of nitrogens with zero attached hydrogens (tertiary/aromatic N) is 1. The van der Waals surface area contributed by atoms with Crippen molar-refractivity contribution >= 4 is 43.4 Å². The Morgan fingerprint density at radius 3 is 2.88 bits per heavy atom. The molecule has 0 spiro atoms. The number of fused-ring (bicyclic) bond motifs is 1. The maximum atomic E-state index is 12.6. The molecule has 24 heavy (non-hydrogen) atoms. The number of rotatable bonds is 6. The number of hydrogen-bond acceptors (Lipinski definition) is 3. The Labute approximate surface area is 153 Å². The van der Waals surface area contributed by atoms with Gasteiger partial charge in [-0.2, -0.15) is 0 Å². The highest BCUT2D eigenvalue weighted by molar-refractivity contribution is 9.11. The smallest absolute Gasteiger partial charge is 0.267 e. The number of benzene rings is 1. The summed E-state index contributed by atoms with van der Waals surface area (Å²) in [5.74, 6) is 0.792. The SMILES string of the molecule is CCCNC(=O)c1cc2sc(Br)cc2n1Cc1ccccc1OC. The van der Waals surface area contributed by atoms with E-state index in [0.29, 0.717) is 18.8 Å². The van der Waals surface area contributed by atoms with Crippen molar-refractivity contribution in [2.24, 2.45) is 0 Å². The van der Waals surface area contributed by atoms with Gasteiger partial charge in [-0.1, -0.05) is 25.1 Å². The molecule has 0 saturated heterocycles. The van der Waals surface area contributed by atoms with Gasteiger partial charge in [0.15, 0.2) is 0 Å². The molecular formula is C18H19BrN2O2S. The molecule has 3 aromatic rings. The summed E-state index contributed by atoms with van der Waals surface area (Å²) in [6.45, 7) is 3.31. The standard InChI is InChI=1S/C18H19BrN2O2S/c1-3-8-20-18(22)14-9-16-13(10-17(19)24-16)21(14)11-12-6-4-5-7-15(12)23-2/h4-7,9-10H,3,8,11H2,1-2H3,(H,20,22). The summed E-state index contributed by atoms with van der Waals surface area (Å²) in [6, 6.07) is 11.9. The third-order valence-electron chi connectivity index (χ3n) is 3.85. The van der Waals surface area contributed by atoms with Gasteiger partial charge in [-0.25, -0.2) is 0 Å². The summed E-state index contributed by atoms with van der Waals surface area (Å²) in [6.07, 6.45) is 0.916. The van der Waals surface area contributed by atoms with Gasteiger partial charge in [0.1, 0.15) is 11.4 Å². The van der Waals surface area contributed by atoms with Crippen LogP contribution in [0.15, 0.2) is 40.2 Å². The van der Waals surface area contributed by atoms with Gasteiger partial charge in [0.05, 0.1) is 27.7 Å². The third-order valence-corrected chi connectivity index (χ3v) is 5.42. The summed E-state index contributed by atoms with van der Waals surface area (Å²) in [5.41, 5.74) is 2.78. The van der Waals surface area contributed by atoms with Crippen LogP contribution < -0.4 is 10.1 Å². The van der Waals surface area contributed by atoms with E-state index in [9.17, 15) is 4.79 Å². The molecule has 1 amide bonds. The maximum absolute atomic E-state index is 12.6. The monoisotopic (exact) mass is 406 g/mol. The van der Waals surface area contributed by atoms with Crippen molar-refractivity contribution in [2.45, 2.75) is 19.9 Å². The lowest BCUT2D eigenvalue weighted by molar-refractivity contribution is 0.0945. The summed E-state index contributed by atoms with van der Waals surface area (Å²) in [7, 11) is 1.67. The van der Waals surface area contributed by atoms with Crippen molar-refractivity contribution in [3.05, 3.63) is 51.4 Å². The Kier molecular flexibility index (Phi) is 5.26. The van der Waals surface area contributed by atoms with Crippen LogP contribution in [-0.4, -0.2) is 24.1 Å². The van der Waals surface area contributed by atoms with Crippen molar-refractivity contribution in [1.29, 1.82) is 0 Å². The predicted octanol–water partition coefficient (Wildman–Crippen LogP) is 4.66.